The third kappa shape index (κ3) is 3.51. The molecule has 0 aliphatic heterocycles. The van der Waals surface area contributed by atoms with Gasteiger partial charge in [-0.25, -0.2) is 0 Å². The second-order valence-corrected chi connectivity index (χ2v) is 3.16. The molecule has 2 atom stereocenters. The van der Waals surface area contributed by atoms with Crippen molar-refractivity contribution in [1.29, 1.82) is 0 Å². The second kappa shape index (κ2) is 6.35. The van der Waals surface area contributed by atoms with Gasteiger partial charge >= 0.3 is 0 Å². The summed E-state index contributed by atoms with van der Waals surface area (Å²) in [4.78, 5) is 8.00. The van der Waals surface area contributed by atoms with E-state index in [9.17, 15) is 0 Å². The van der Waals surface area contributed by atoms with Crippen LogP contribution in [0.4, 0.5) is 0 Å². The Balaban J connectivity index is 0.000000461. The van der Waals surface area contributed by atoms with Gasteiger partial charge in [0.25, 0.3) is 0 Å². The SMILES string of the molecule is C=O.CNC1CCCCC1C. The molecule has 1 N–H and O–H groups in total. The van der Waals surface area contributed by atoms with Crippen LogP contribution in [0.3, 0.4) is 0 Å². The van der Waals surface area contributed by atoms with Crippen molar-refractivity contribution in [3.05, 3.63) is 0 Å². The van der Waals surface area contributed by atoms with Crippen LogP contribution in [0.5, 0.6) is 0 Å². The molecule has 66 valence electrons. The summed E-state index contributed by atoms with van der Waals surface area (Å²) in [5.74, 6) is 0.906. The van der Waals surface area contributed by atoms with Gasteiger partial charge in [0.05, 0.1) is 0 Å². The van der Waals surface area contributed by atoms with E-state index in [-0.39, 0.29) is 0 Å². The molecule has 0 aromatic heterocycles. The molecule has 2 unspecified atom stereocenters. The summed E-state index contributed by atoms with van der Waals surface area (Å²) in [6.07, 6.45) is 5.68. The molecule has 0 heterocycles. The predicted octanol–water partition coefficient (Wildman–Crippen LogP) is 1.60. The lowest BCUT2D eigenvalue weighted by atomic mass is 9.86. The van der Waals surface area contributed by atoms with Crippen LogP contribution in [0, 0.1) is 5.92 Å². The van der Waals surface area contributed by atoms with Crippen molar-refractivity contribution >= 4 is 6.79 Å². The molecule has 1 aliphatic rings. The Morgan fingerprint density at radius 3 is 2.18 bits per heavy atom. The fraction of sp³-hybridized carbons (Fsp3) is 0.889. The molecule has 0 spiro atoms. The molecular formula is C9H19NO. The first-order chi connectivity index (χ1) is 5.34. The van der Waals surface area contributed by atoms with E-state index in [0.717, 1.165) is 12.0 Å². The highest BCUT2D eigenvalue weighted by Gasteiger charge is 2.18. The maximum atomic E-state index is 8.00. The number of nitrogens with one attached hydrogen (secondary N) is 1. The molecule has 2 heteroatoms. The van der Waals surface area contributed by atoms with Gasteiger partial charge in [0.15, 0.2) is 0 Å². The number of hydrogen-bond donors (Lipinski definition) is 1. The number of carbonyl (C=O) groups is 1. The van der Waals surface area contributed by atoms with Crippen LogP contribution in [-0.4, -0.2) is 19.9 Å². The van der Waals surface area contributed by atoms with Gasteiger partial charge in [0.2, 0.25) is 0 Å². The van der Waals surface area contributed by atoms with Crippen molar-refractivity contribution in [1.82, 2.24) is 5.32 Å². The fourth-order valence-corrected chi connectivity index (χ4v) is 1.75. The van der Waals surface area contributed by atoms with Crippen molar-refractivity contribution in [2.45, 2.75) is 38.6 Å². The van der Waals surface area contributed by atoms with Gasteiger partial charge in [-0.15, -0.1) is 0 Å². The van der Waals surface area contributed by atoms with E-state index in [1.54, 1.807) is 0 Å². The molecule has 0 bridgehead atoms. The lowest BCUT2D eigenvalue weighted by molar-refractivity contribution is -0.0979. The van der Waals surface area contributed by atoms with Crippen LogP contribution in [0.1, 0.15) is 32.6 Å². The smallest absolute Gasteiger partial charge is 0.106 e. The van der Waals surface area contributed by atoms with Crippen LogP contribution < -0.4 is 5.32 Å². The van der Waals surface area contributed by atoms with E-state index < -0.39 is 0 Å². The molecule has 0 aromatic carbocycles. The molecule has 0 radical (unpaired) electrons. The average molecular weight is 157 g/mol. The van der Waals surface area contributed by atoms with E-state index in [4.69, 9.17) is 4.79 Å². The highest BCUT2D eigenvalue weighted by Crippen LogP contribution is 2.22. The van der Waals surface area contributed by atoms with Crippen LogP contribution in [-0.2, 0) is 4.79 Å². The fourth-order valence-electron chi connectivity index (χ4n) is 1.75. The Morgan fingerprint density at radius 1 is 1.27 bits per heavy atom. The first kappa shape index (κ1) is 10.6. The van der Waals surface area contributed by atoms with Gasteiger partial charge < -0.3 is 10.1 Å². The summed E-state index contributed by atoms with van der Waals surface area (Å²) in [5, 5.41) is 3.35. The standard InChI is InChI=1S/C8H17N.CH2O/c1-7-5-3-4-6-8(7)9-2;1-2/h7-9H,3-6H2,1-2H3;1H2. The Hall–Kier alpha value is -0.370. The largest absolute Gasteiger partial charge is 0.317 e. The Bertz CT molecular complexity index is 95.6. The van der Waals surface area contributed by atoms with Crippen LogP contribution in [0.25, 0.3) is 0 Å². The van der Waals surface area contributed by atoms with Crippen LogP contribution in [0.15, 0.2) is 0 Å². The van der Waals surface area contributed by atoms with Crippen molar-refractivity contribution in [3.63, 3.8) is 0 Å². The molecule has 0 amide bonds. The molecule has 1 rings (SSSR count). The highest BCUT2D eigenvalue weighted by molar-refractivity contribution is 5.10. The maximum Gasteiger partial charge on any atom is 0.106 e. The highest BCUT2D eigenvalue weighted by atomic mass is 16.1. The van der Waals surface area contributed by atoms with E-state index in [2.05, 4.69) is 19.3 Å². The monoisotopic (exact) mass is 157 g/mol. The van der Waals surface area contributed by atoms with Gasteiger partial charge in [-0.05, 0) is 25.8 Å². The molecule has 0 aromatic rings. The third-order valence-corrected chi connectivity index (χ3v) is 2.48. The predicted molar refractivity (Wildman–Crippen MR) is 47.6 cm³/mol. The minimum absolute atomic E-state index is 0.804. The van der Waals surface area contributed by atoms with Crippen LogP contribution >= 0.6 is 0 Å². The summed E-state index contributed by atoms with van der Waals surface area (Å²) in [7, 11) is 2.08. The zero-order valence-electron chi connectivity index (χ0n) is 7.60. The number of carbonyl (C=O) groups excluding carboxylic acids is 1. The third-order valence-electron chi connectivity index (χ3n) is 2.48. The maximum absolute atomic E-state index is 8.00. The van der Waals surface area contributed by atoms with E-state index >= 15 is 0 Å². The molecule has 11 heavy (non-hydrogen) atoms. The molecule has 1 fully saturated rings. The van der Waals surface area contributed by atoms with E-state index in [1.807, 2.05) is 6.79 Å². The lowest BCUT2D eigenvalue weighted by Crippen LogP contribution is -2.34. The summed E-state index contributed by atoms with van der Waals surface area (Å²) < 4.78 is 0. The van der Waals surface area contributed by atoms with Gasteiger partial charge in [0.1, 0.15) is 6.79 Å². The van der Waals surface area contributed by atoms with Crippen molar-refractivity contribution in [3.8, 4) is 0 Å². The van der Waals surface area contributed by atoms with Crippen molar-refractivity contribution in [2.24, 2.45) is 5.92 Å². The van der Waals surface area contributed by atoms with E-state index in [0.29, 0.717) is 0 Å². The van der Waals surface area contributed by atoms with Gasteiger partial charge in [0, 0.05) is 6.04 Å². The zero-order chi connectivity index (χ0) is 8.69. The van der Waals surface area contributed by atoms with E-state index in [1.165, 1.54) is 25.7 Å². The summed E-state index contributed by atoms with van der Waals surface area (Å²) in [5.41, 5.74) is 0. The Labute approximate surface area is 69.4 Å². The molecule has 1 aliphatic carbocycles. The minimum atomic E-state index is 0.804. The molecular weight excluding hydrogens is 138 g/mol. The van der Waals surface area contributed by atoms with Crippen molar-refractivity contribution < 1.29 is 4.79 Å². The van der Waals surface area contributed by atoms with Gasteiger partial charge in [-0.1, -0.05) is 19.8 Å². The summed E-state index contributed by atoms with van der Waals surface area (Å²) in [6.45, 7) is 4.35. The van der Waals surface area contributed by atoms with Gasteiger partial charge in [-0.2, -0.15) is 0 Å². The van der Waals surface area contributed by atoms with Crippen LogP contribution in [0.2, 0.25) is 0 Å². The molecule has 0 saturated heterocycles. The Morgan fingerprint density at radius 2 is 1.82 bits per heavy atom. The normalized spacial score (nSPS) is 30.4. The Kier molecular flexibility index (Phi) is 6.13. The van der Waals surface area contributed by atoms with Gasteiger partial charge in [-0.3, -0.25) is 0 Å². The minimum Gasteiger partial charge on any atom is -0.317 e. The quantitative estimate of drug-likeness (QED) is 0.626. The lowest BCUT2D eigenvalue weighted by Gasteiger charge is -2.27. The number of rotatable bonds is 1. The summed E-state index contributed by atoms with van der Waals surface area (Å²) in [6, 6.07) is 0.804. The molecule has 1 saturated carbocycles. The average Bonchev–Trinajstić information content (AvgIpc) is 2.09. The summed E-state index contributed by atoms with van der Waals surface area (Å²) >= 11 is 0. The number of hydrogen-bond acceptors (Lipinski definition) is 2. The van der Waals surface area contributed by atoms with Crippen molar-refractivity contribution in [2.75, 3.05) is 7.05 Å². The topological polar surface area (TPSA) is 29.1 Å². The zero-order valence-corrected chi connectivity index (χ0v) is 7.60. The molecule has 2 nitrogen and oxygen atoms in total. The first-order valence-corrected chi connectivity index (χ1v) is 4.30. The first-order valence-electron chi connectivity index (χ1n) is 4.30. The second-order valence-electron chi connectivity index (χ2n) is 3.16.